The number of amides is 1. The lowest BCUT2D eigenvalue weighted by Gasteiger charge is -2.10. The van der Waals surface area contributed by atoms with E-state index in [-0.39, 0.29) is 19.4 Å². The van der Waals surface area contributed by atoms with Gasteiger partial charge in [-0.25, -0.2) is 4.79 Å². The summed E-state index contributed by atoms with van der Waals surface area (Å²) in [7, 11) is 0. The van der Waals surface area contributed by atoms with E-state index in [9.17, 15) is 14.4 Å². The Morgan fingerprint density at radius 3 is 2.34 bits per heavy atom. The van der Waals surface area contributed by atoms with Crippen molar-refractivity contribution in [3.63, 3.8) is 0 Å². The van der Waals surface area contributed by atoms with Gasteiger partial charge in [-0.1, -0.05) is 38.1 Å². The minimum Gasteiger partial charge on any atom is -0.481 e. The van der Waals surface area contributed by atoms with Gasteiger partial charge in [0.15, 0.2) is 0 Å². The maximum absolute atomic E-state index is 12.7. The van der Waals surface area contributed by atoms with Gasteiger partial charge in [-0.2, -0.15) is 0 Å². The van der Waals surface area contributed by atoms with Crippen molar-refractivity contribution < 1.29 is 24.2 Å². The molecular weight excluding hydrogens is 390 g/mol. The van der Waals surface area contributed by atoms with Gasteiger partial charge in [-0.3, -0.25) is 9.59 Å². The van der Waals surface area contributed by atoms with Crippen LogP contribution in [0.2, 0.25) is 0 Å². The number of carboxylic acids is 1. The molecule has 0 aliphatic heterocycles. The Labute approximate surface area is 174 Å². The van der Waals surface area contributed by atoms with Gasteiger partial charge < -0.3 is 15.2 Å². The van der Waals surface area contributed by atoms with Crippen molar-refractivity contribution in [2.75, 3.05) is 11.9 Å². The zero-order chi connectivity index (χ0) is 21.6. The molecule has 0 saturated carbocycles. The van der Waals surface area contributed by atoms with E-state index in [1.165, 1.54) is 16.9 Å². The fourth-order valence-corrected chi connectivity index (χ4v) is 4.15. The molecule has 1 heterocycles. The molecule has 0 unspecified atom stereocenters. The molecule has 1 amide bonds. The lowest BCUT2D eigenvalue weighted by molar-refractivity contribution is -0.138. The van der Waals surface area contributed by atoms with Crippen molar-refractivity contribution >= 4 is 34.2 Å². The summed E-state index contributed by atoms with van der Waals surface area (Å²) in [6.07, 6.45) is 0.543. The topological polar surface area (TPSA) is 92.7 Å². The smallest absolute Gasteiger partial charge is 0.341 e. The number of carbonyl (C=O) groups is 3. The van der Waals surface area contributed by atoms with Gasteiger partial charge in [0, 0.05) is 16.9 Å². The Morgan fingerprint density at radius 1 is 1.14 bits per heavy atom. The molecule has 0 saturated heterocycles. The van der Waals surface area contributed by atoms with Crippen molar-refractivity contribution in [2.24, 2.45) is 5.92 Å². The summed E-state index contributed by atoms with van der Waals surface area (Å²) in [6, 6.07) is 8.05. The molecule has 2 N–H and O–H groups in total. The SMILES string of the molecule is CCOC(=O)c1c(NC(=O)CCC(=O)O)sc(C)c1-c1ccc(CC(C)C)cc1. The molecule has 0 aliphatic rings. The van der Waals surface area contributed by atoms with Crippen LogP contribution in [-0.2, 0) is 20.7 Å². The minimum absolute atomic E-state index is 0.159. The van der Waals surface area contributed by atoms with Crippen LogP contribution in [0.4, 0.5) is 5.00 Å². The summed E-state index contributed by atoms with van der Waals surface area (Å²) in [5, 5.41) is 11.8. The third-order valence-corrected chi connectivity index (χ3v) is 5.29. The van der Waals surface area contributed by atoms with E-state index in [2.05, 4.69) is 19.2 Å². The number of benzene rings is 1. The summed E-state index contributed by atoms with van der Waals surface area (Å²) < 4.78 is 5.22. The van der Waals surface area contributed by atoms with Crippen molar-refractivity contribution in [3.05, 3.63) is 40.3 Å². The monoisotopic (exact) mass is 417 g/mol. The molecule has 0 radical (unpaired) electrons. The second-order valence-electron chi connectivity index (χ2n) is 7.19. The first-order chi connectivity index (χ1) is 13.7. The highest BCUT2D eigenvalue weighted by Gasteiger charge is 2.25. The van der Waals surface area contributed by atoms with Gasteiger partial charge in [-0.15, -0.1) is 11.3 Å². The normalized spacial score (nSPS) is 10.8. The van der Waals surface area contributed by atoms with E-state index in [0.717, 1.165) is 22.4 Å². The van der Waals surface area contributed by atoms with Crippen molar-refractivity contribution in [2.45, 2.75) is 47.0 Å². The van der Waals surface area contributed by atoms with Crippen LogP contribution in [0, 0.1) is 12.8 Å². The van der Waals surface area contributed by atoms with E-state index < -0.39 is 17.8 Å². The molecular formula is C22H27NO5S. The third-order valence-electron chi connectivity index (χ3n) is 4.27. The third kappa shape index (κ3) is 6.15. The van der Waals surface area contributed by atoms with Crippen LogP contribution in [0.3, 0.4) is 0 Å². The van der Waals surface area contributed by atoms with Crippen LogP contribution in [-0.4, -0.2) is 29.6 Å². The molecule has 6 nitrogen and oxygen atoms in total. The van der Waals surface area contributed by atoms with Crippen molar-refractivity contribution in [1.82, 2.24) is 0 Å². The first-order valence-electron chi connectivity index (χ1n) is 9.64. The van der Waals surface area contributed by atoms with E-state index in [1.807, 2.05) is 31.2 Å². The van der Waals surface area contributed by atoms with E-state index >= 15 is 0 Å². The number of esters is 1. The van der Waals surface area contributed by atoms with Gasteiger partial charge >= 0.3 is 11.9 Å². The average Bonchev–Trinajstić information content (AvgIpc) is 2.96. The number of hydrogen-bond acceptors (Lipinski definition) is 5. The first kappa shape index (κ1) is 22.6. The highest BCUT2D eigenvalue weighted by Crippen LogP contribution is 2.40. The second-order valence-corrected chi connectivity index (χ2v) is 8.42. The summed E-state index contributed by atoms with van der Waals surface area (Å²) in [5.74, 6) is -1.45. The van der Waals surface area contributed by atoms with Crippen LogP contribution in [0.25, 0.3) is 11.1 Å². The van der Waals surface area contributed by atoms with Gasteiger partial charge in [-0.05, 0) is 37.3 Å². The van der Waals surface area contributed by atoms with E-state index in [0.29, 0.717) is 16.5 Å². The Morgan fingerprint density at radius 2 is 1.79 bits per heavy atom. The van der Waals surface area contributed by atoms with Crippen LogP contribution in [0.1, 0.15) is 54.4 Å². The van der Waals surface area contributed by atoms with Gasteiger partial charge in [0.1, 0.15) is 10.6 Å². The standard InChI is InChI=1S/C22H27NO5S/c1-5-28-22(27)20-19(16-8-6-15(7-9-16)12-13(2)3)14(4)29-21(20)23-17(24)10-11-18(25)26/h6-9,13H,5,10-12H2,1-4H3,(H,23,24)(H,25,26). The minimum atomic E-state index is -1.05. The van der Waals surface area contributed by atoms with Crippen molar-refractivity contribution in [1.29, 1.82) is 0 Å². The van der Waals surface area contributed by atoms with E-state index in [4.69, 9.17) is 9.84 Å². The fourth-order valence-electron chi connectivity index (χ4n) is 3.07. The molecule has 156 valence electrons. The summed E-state index contributed by atoms with van der Waals surface area (Å²) >= 11 is 1.29. The largest absolute Gasteiger partial charge is 0.481 e. The van der Waals surface area contributed by atoms with Gasteiger partial charge in [0.2, 0.25) is 5.91 Å². The number of ether oxygens (including phenoxy) is 1. The van der Waals surface area contributed by atoms with Crippen LogP contribution in [0.5, 0.6) is 0 Å². The van der Waals surface area contributed by atoms with Crippen LogP contribution >= 0.6 is 11.3 Å². The lowest BCUT2D eigenvalue weighted by atomic mass is 9.97. The number of carbonyl (C=O) groups excluding carboxylic acids is 2. The predicted molar refractivity (Wildman–Crippen MR) is 114 cm³/mol. The number of carboxylic acid groups (broad SMARTS) is 1. The summed E-state index contributed by atoms with van der Waals surface area (Å²) in [4.78, 5) is 36.4. The van der Waals surface area contributed by atoms with Crippen LogP contribution in [0.15, 0.2) is 24.3 Å². The average molecular weight is 418 g/mol. The zero-order valence-corrected chi connectivity index (χ0v) is 18.0. The fraction of sp³-hybridized carbons (Fsp3) is 0.409. The molecule has 2 rings (SSSR count). The highest BCUT2D eigenvalue weighted by molar-refractivity contribution is 7.17. The molecule has 29 heavy (non-hydrogen) atoms. The Bertz CT molecular complexity index is 883. The Hall–Kier alpha value is -2.67. The summed E-state index contributed by atoms with van der Waals surface area (Å²) in [5.41, 5.74) is 3.14. The molecule has 2 aromatic rings. The quantitative estimate of drug-likeness (QED) is 0.566. The molecule has 0 atom stereocenters. The second kappa shape index (κ2) is 10.2. The molecule has 0 bridgehead atoms. The number of anilines is 1. The van der Waals surface area contributed by atoms with E-state index in [1.54, 1.807) is 6.92 Å². The molecule has 1 aromatic carbocycles. The van der Waals surface area contributed by atoms with Gasteiger partial charge in [0.25, 0.3) is 0 Å². The molecule has 0 fully saturated rings. The molecule has 0 aliphatic carbocycles. The molecule has 1 aromatic heterocycles. The predicted octanol–water partition coefficient (Wildman–Crippen LogP) is 4.90. The summed E-state index contributed by atoms with van der Waals surface area (Å²) in [6.45, 7) is 8.15. The lowest BCUT2D eigenvalue weighted by Crippen LogP contribution is -2.15. The zero-order valence-electron chi connectivity index (χ0n) is 17.2. The van der Waals surface area contributed by atoms with Gasteiger partial charge in [0.05, 0.1) is 13.0 Å². The number of thiophene rings is 1. The first-order valence-corrected chi connectivity index (χ1v) is 10.5. The number of aliphatic carboxylic acids is 1. The van der Waals surface area contributed by atoms with Crippen molar-refractivity contribution in [3.8, 4) is 11.1 Å². The number of aryl methyl sites for hydroxylation is 1. The Kier molecular flexibility index (Phi) is 7.96. The highest BCUT2D eigenvalue weighted by atomic mass is 32.1. The van der Waals surface area contributed by atoms with Crippen LogP contribution < -0.4 is 5.32 Å². The molecule has 7 heteroatoms. The maximum atomic E-state index is 12.7. The Balaban J connectivity index is 2.40. The number of hydrogen-bond donors (Lipinski definition) is 2. The maximum Gasteiger partial charge on any atom is 0.341 e. The number of nitrogens with one attached hydrogen (secondary N) is 1. The molecule has 0 spiro atoms. The number of rotatable bonds is 9.